The number of para-hydroxylation sites is 1. The summed E-state index contributed by atoms with van der Waals surface area (Å²) in [6.07, 6.45) is 2.06. The molecule has 2 aliphatic rings. The van der Waals surface area contributed by atoms with E-state index in [1.54, 1.807) is 18.2 Å². The second-order valence-electron chi connectivity index (χ2n) is 8.65. The summed E-state index contributed by atoms with van der Waals surface area (Å²) in [6.45, 7) is 5.06. The number of hydrogen-bond donors (Lipinski definition) is 1. The molecule has 0 saturated carbocycles. The van der Waals surface area contributed by atoms with E-state index in [-0.39, 0.29) is 11.5 Å². The normalized spacial score (nSPS) is 21.8. The Morgan fingerprint density at radius 1 is 1.09 bits per heavy atom. The molecule has 1 spiro atoms. The third-order valence-corrected chi connectivity index (χ3v) is 7.93. The highest BCUT2D eigenvalue weighted by atomic mass is 32.2. The molecule has 1 amide bonds. The number of nitrogens with one attached hydrogen (secondary N) is 1. The van der Waals surface area contributed by atoms with E-state index >= 15 is 0 Å². The van der Waals surface area contributed by atoms with E-state index < -0.39 is 16.1 Å². The summed E-state index contributed by atoms with van der Waals surface area (Å²) in [5.74, 6) is 0.0145. The maximum atomic E-state index is 12.7. The molecule has 2 aliphatic heterocycles. The van der Waals surface area contributed by atoms with Crippen molar-refractivity contribution in [2.45, 2.75) is 42.8 Å². The second kappa shape index (κ2) is 9.31. The molecule has 2 aromatic carbocycles. The van der Waals surface area contributed by atoms with Crippen LogP contribution in [0.15, 0.2) is 59.5 Å². The van der Waals surface area contributed by atoms with E-state index in [0.29, 0.717) is 11.4 Å². The third kappa shape index (κ3) is 4.88. The Bertz CT molecular complexity index is 1050. The highest BCUT2D eigenvalue weighted by molar-refractivity contribution is 7.89. The van der Waals surface area contributed by atoms with Gasteiger partial charge in [0, 0.05) is 25.3 Å². The van der Waals surface area contributed by atoms with E-state index in [1.807, 2.05) is 48.2 Å². The maximum absolute atomic E-state index is 12.7. The lowest BCUT2D eigenvalue weighted by Gasteiger charge is -2.49. The van der Waals surface area contributed by atoms with Crippen LogP contribution in [-0.2, 0) is 26.0 Å². The highest BCUT2D eigenvalue weighted by Gasteiger charge is 2.45. The number of likely N-dealkylation sites (tertiary alicyclic amines) is 1. The lowest BCUT2D eigenvalue weighted by molar-refractivity contribution is -0.161. The monoisotopic (exact) mass is 457 g/mol. The molecule has 0 radical (unpaired) electrons. The Kier molecular flexibility index (Phi) is 6.67. The van der Waals surface area contributed by atoms with E-state index in [9.17, 15) is 13.2 Å². The van der Waals surface area contributed by atoms with Crippen LogP contribution in [0, 0.1) is 0 Å². The Balaban J connectivity index is 1.37. The number of sulfonamides is 1. The minimum Gasteiger partial charge on any atom is -0.360 e. The van der Waals surface area contributed by atoms with Crippen LogP contribution in [0.3, 0.4) is 0 Å². The molecule has 0 aliphatic carbocycles. The molecule has 2 heterocycles. The molecular weight excluding hydrogens is 426 g/mol. The Morgan fingerprint density at radius 3 is 2.50 bits per heavy atom. The fraction of sp³-hybridized carbons (Fsp3) is 0.458. The molecule has 1 atom stereocenters. The van der Waals surface area contributed by atoms with Crippen LogP contribution in [0.2, 0.25) is 0 Å². The summed E-state index contributed by atoms with van der Waals surface area (Å²) in [5, 5.41) is 0. The molecule has 4 rings (SSSR count). The molecule has 172 valence electrons. The van der Waals surface area contributed by atoms with Gasteiger partial charge >= 0.3 is 0 Å². The summed E-state index contributed by atoms with van der Waals surface area (Å²) < 4.78 is 32.7. The number of nitrogens with zero attached hydrogens (tertiary/aromatic N) is 2. The van der Waals surface area contributed by atoms with Gasteiger partial charge in [-0.05, 0) is 63.1 Å². The molecule has 0 aromatic heterocycles. The molecule has 2 aromatic rings. The number of hydrogen-bond acceptors (Lipinski definition) is 5. The van der Waals surface area contributed by atoms with E-state index in [1.165, 1.54) is 7.05 Å². The van der Waals surface area contributed by atoms with Gasteiger partial charge in [0.05, 0.1) is 17.0 Å². The van der Waals surface area contributed by atoms with Gasteiger partial charge in [-0.2, -0.15) is 0 Å². The summed E-state index contributed by atoms with van der Waals surface area (Å²) in [6, 6.07) is 16.9. The van der Waals surface area contributed by atoms with Gasteiger partial charge in [-0.3, -0.25) is 4.79 Å². The van der Waals surface area contributed by atoms with Crippen LogP contribution in [0.25, 0.3) is 0 Å². The zero-order valence-electron chi connectivity index (χ0n) is 18.7. The molecule has 2 saturated heterocycles. The van der Waals surface area contributed by atoms with Gasteiger partial charge in [0.2, 0.25) is 10.0 Å². The number of piperidine rings is 1. The number of amides is 1. The van der Waals surface area contributed by atoms with Crippen molar-refractivity contribution in [1.29, 1.82) is 0 Å². The first kappa shape index (κ1) is 22.9. The number of anilines is 1. The molecular formula is C24H31N3O4S. The van der Waals surface area contributed by atoms with Crippen LogP contribution < -0.4 is 9.62 Å². The second-order valence-corrected chi connectivity index (χ2v) is 10.5. The summed E-state index contributed by atoms with van der Waals surface area (Å²) >= 11 is 0. The zero-order valence-corrected chi connectivity index (χ0v) is 19.5. The van der Waals surface area contributed by atoms with Gasteiger partial charge in [0.25, 0.3) is 5.91 Å². The van der Waals surface area contributed by atoms with E-state index in [4.69, 9.17) is 4.74 Å². The van der Waals surface area contributed by atoms with Crippen molar-refractivity contribution >= 4 is 21.6 Å². The fourth-order valence-electron chi connectivity index (χ4n) is 4.61. The standard InChI is InChI=1S/C24H31N3O4S/c1-19-23(28)27(21-8-4-3-5-9-21)18-24(31-19)12-15-26(16-13-24)14-11-20-7-6-10-22(17-20)32(29,30)25-2/h3-10,17,19,25H,11-16,18H2,1-2H3. The van der Waals surface area contributed by atoms with E-state index in [0.717, 1.165) is 50.1 Å². The van der Waals surface area contributed by atoms with Crippen molar-refractivity contribution in [3.63, 3.8) is 0 Å². The molecule has 1 N–H and O–H groups in total. The van der Waals surface area contributed by atoms with Gasteiger partial charge in [-0.1, -0.05) is 30.3 Å². The minimum atomic E-state index is -3.43. The fourth-order valence-corrected chi connectivity index (χ4v) is 5.41. The SMILES string of the molecule is CNS(=O)(=O)c1cccc(CCN2CCC3(CC2)CN(c2ccccc2)C(=O)C(C)O3)c1. The average molecular weight is 458 g/mol. The van der Waals surface area contributed by atoms with Crippen molar-refractivity contribution in [1.82, 2.24) is 9.62 Å². The molecule has 7 nitrogen and oxygen atoms in total. The first-order valence-corrected chi connectivity index (χ1v) is 12.6. The van der Waals surface area contributed by atoms with Crippen molar-refractivity contribution in [3.8, 4) is 0 Å². The van der Waals surface area contributed by atoms with Crippen molar-refractivity contribution in [2.24, 2.45) is 0 Å². The molecule has 1 unspecified atom stereocenters. The molecule has 2 fully saturated rings. The number of benzene rings is 2. The zero-order chi connectivity index (χ0) is 22.8. The van der Waals surface area contributed by atoms with Crippen molar-refractivity contribution < 1.29 is 17.9 Å². The number of rotatable bonds is 6. The molecule has 8 heteroatoms. The van der Waals surface area contributed by atoms with Crippen LogP contribution in [0.4, 0.5) is 5.69 Å². The quantitative estimate of drug-likeness (QED) is 0.721. The van der Waals surface area contributed by atoms with Gasteiger partial charge in [-0.15, -0.1) is 0 Å². The number of carbonyl (C=O) groups excluding carboxylic acids is 1. The first-order valence-electron chi connectivity index (χ1n) is 11.1. The van der Waals surface area contributed by atoms with Crippen LogP contribution >= 0.6 is 0 Å². The van der Waals surface area contributed by atoms with E-state index in [2.05, 4.69) is 9.62 Å². The maximum Gasteiger partial charge on any atom is 0.255 e. The summed E-state index contributed by atoms with van der Waals surface area (Å²) in [5.41, 5.74) is 1.61. The van der Waals surface area contributed by atoms with Crippen molar-refractivity contribution in [2.75, 3.05) is 38.1 Å². The summed E-state index contributed by atoms with van der Waals surface area (Å²) in [7, 11) is -2.01. The van der Waals surface area contributed by atoms with Crippen molar-refractivity contribution in [3.05, 3.63) is 60.2 Å². The smallest absolute Gasteiger partial charge is 0.255 e. The van der Waals surface area contributed by atoms with Crippen LogP contribution in [0.5, 0.6) is 0 Å². The number of morpholine rings is 1. The van der Waals surface area contributed by atoms with Gasteiger partial charge in [0.15, 0.2) is 0 Å². The Labute approximate surface area is 190 Å². The predicted molar refractivity (Wildman–Crippen MR) is 124 cm³/mol. The number of ether oxygens (including phenoxy) is 1. The first-order chi connectivity index (χ1) is 15.3. The Morgan fingerprint density at radius 2 is 1.81 bits per heavy atom. The topological polar surface area (TPSA) is 79.0 Å². The Hall–Kier alpha value is -2.26. The van der Waals surface area contributed by atoms with Crippen LogP contribution in [-0.4, -0.2) is 64.2 Å². The largest absolute Gasteiger partial charge is 0.360 e. The molecule has 32 heavy (non-hydrogen) atoms. The van der Waals surface area contributed by atoms with Crippen LogP contribution in [0.1, 0.15) is 25.3 Å². The number of carbonyl (C=O) groups is 1. The lowest BCUT2D eigenvalue weighted by Crippen LogP contribution is -2.61. The van der Waals surface area contributed by atoms with Gasteiger partial charge in [0.1, 0.15) is 6.10 Å². The highest BCUT2D eigenvalue weighted by Crippen LogP contribution is 2.35. The minimum absolute atomic E-state index is 0.0145. The van der Waals surface area contributed by atoms with Gasteiger partial charge in [-0.25, -0.2) is 13.1 Å². The summed E-state index contributed by atoms with van der Waals surface area (Å²) in [4.78, 5) is 17.3. The lowest BCUT2D eigenvalue weighted by atomic mass is 9.88. The average Bonchev–Trinajstić information content (AvgIpc) is 2.82. The third-order valence-electron chi connectivity index (χ3n) is 6.52. The predicted octanol–water partition coefficient (Wildman–Crippen LogP) is 2.42. The molecule has 0 bridgehead atoms. The van der Waals surface area contributed by atoms with Gasteiger partial charge < -0.3 is 14.5 Å².